The van der Waals surface area contributed by atoms with Crippen LogP contribution in [0.15, 0.2) is 48.5 Å². The molecule has 2 atom stereocenters. The van der Waals surface area contributed by atoms with Gasteiger partial charge in [-0.25, -0.2) is 4.79 Å². The van der Waals surface area contributed by atoms with Crippen LogP contribution in [-0.2, 0) is 32.1 Å². The summed E-state index contributed by atoms with van der Waals surface area (Å²) in [5, 5.41) is 15.2. The maximum atomic E-state index is 13.2. The lowest BCUT2D eigenvalue weighted by atomic mass is 10.0. The Morgan fingerprint density at radius 1 is 1.12 bits per heavy atom. The third kappa shape index (κ3) is 9.17. The highest BCUT2D eigenvalue weighted by molar-refractivity contribution is 5.85. The molecule has 1 fully saturated rings. The average Bonchev–Trinajstić information content (AvgIpc) is 2.98. The fraction of sp³-hybridized carbons (Fsp3) is 0.500. The zero-order chi connectivity index (χ0) is 29.0. The summed E-state index contributed by atoms with van der Waals surface area (Å²) in [5.74, 6) is 0.859. The van der Waals surface area contributed by atoms with E-state index in [4.69, 9.17) is 14.2 Å². The van der Waals surface area contributed by atoms with Gasteiger partial charge in [0.25, 0.3) is 0 Å². The molecule has 11 heteroatoms. The Bertz CT molecular complexity index is 1160. The summed E-state index contributed by atoms with van der Waals surface area (Å²) in [7, 11) is 1.57. The maximum absolute atomic E-state index is 13.2. The summed E-state index contributed by atoms with van der Waals surface area (Å²) in [6.45, 7) is 1.85. The molecule has 3 heterocycles. The van der Waals surface area contributed by atoms with Gasteiger partial charge in [0.05, 0.1) is 31.9 Å². The summed E-state index contributed by atoms with van der Waals surface area (Å²) in [5.41, 5.74) is 1.90. The third-order valence-electron chi connectivity index (χ3n) is 7.19. The van der Waals surface area contributed by atoms with E-state index >= 15 is 0 Å². The number of hydrogen-bond donors (Lipinski definition) is 3. The van der Waals surface area contributed by atoms with Gasteiger partial charge in [-0.05, 0) is 54.7 Å². The lowest BCUT2D eigenvalue weighted by Gasteiger charge is -2.39. The van der Waals surface area contributed by atoms with E-state index in [0.717, 1.165) is 11.1 Å². The molecule has 222 valence electrons. The van der Waals surface area contributed by atoms with E-state index in [1.165, 1.54) is 4.90 Å². The van der Waals surface area contributed by atoms with Crippen molar-refractivity contribution < 1.29 is 33.7 Å². The molecule has 2 aromatic carbocycles. The number of nitrogens with zero attached hydrogens (tertiary/aromatic N) is 2. The lowest BCUT2D eigenvalue weighted by Crippen LogP contribution is -2.59. The fourth-order valence-corrected chi connectivity index (χ4v) is 4.98. The number of amides is 4. The minimum absolute atomic E-state index is 0.0841. The normalized spacial score (nSPS) is 20.2. The Kier molecular flexibility index (Phi) is 11.4. The van der Waals surface area contributed by atoms with Crippen LogP contribution in [0.25, 0.3) is 0 Å². The maximum Gasteiger partial charge on any atom is 0.317 e. The number of aryl methyl sites for hydroxylation is 1. The molecular formula is C30H40N4O7. The van der Waals surface area contributed by atoms with Gasteiger partial charge in [-0.15, -0.1) is 0 Å². The van der Waals surface area contributed by atoms with Crippen molar-refractivity contribution in [1.82, 2.24) is 20.4 Å². The summed E-state index contributed by atoms with van der Waals surface area (Å²) < 4.78 is 17.4. The zero-order valence-electron chi connectivity index (χ0n) is 23.5. The van der Waals surface area contributed by atoms with Crippen LogP contribution in [-0.4, -0.2) is 97.9 Å². The first kappa shape index (κ1) is 30.3. The number of carbonyl (C=O) groups excluding carboxylic acids is 3. The monoisotopic (exact) mass is 568 g/mol. The van der Waals surface area contributed by atoms with Gasteiger partial charge in [0.1, 0.15) is 11.5 Å². The molecule has 11 nitrogen and oxygen atoms in total. The molecule has 0 spiro atoms. The van der Waals surface area contributed by atoms with Gasteiger partial charge >= 0.3 is 6.03 Å². The zero-order valence-corrected chi connectivity index (χ0v) is 23.5. The quantitative estimate of drug-likeness (QED) is 0.455. The number of likely N-dealkylation sites (tertiary alicyclic amines) is 1. The van der Waals surface area contributed by atoms with Gasteiger partial charge in [0, 0.05) is 46.3 Å². The van der Waals surface area contributed by atoms with Crippen molar-refractivity contribution in [3.63, 3.8) is 0 Å². The topological polar surface area (TPSA) is 130 Å². The Hall–Kier alpha value is -3.67. The number of carbonyl (C=O) groups is 3. The van der Waals surface area contributed by atoms with Gasteiger partial charge in [0.2, 0.25) is 11.8 Å². The number of fused-ring (bicyclic) bond motifs is 9. The molecule has 0 radical (unpaired) electrons. The second-order valence-electron chi connectivity index (χ2n) is 10.3. The van der Waals surface area contributed by atoms with Crippen molar-refractivity contribution in [2.24, 2.45) is 0 Å². The molecule has 2 aromatic rings. The predicted octanol–water partition coefficient (Wildman–Crippen LogP) is 2.07. The molecule has 4 amide bonds. The second kappa shape index (κ2) is 15.4. The van der Waals surface area contributed by atoms with E-state index in [1.807, 2.05) is 48.5 Å². The molecule has 1 saturated heterocycles. The number of ether oxygens (including phenoxy) is 3. The lowest BCUT2D eigenvalue weighted by molar-refractivity contribution is -0.137. The number of aliphatic hydroxyl groups is 1. The molecular weight excluding hydrogens is 528 g/mol. The number of aliphatic hydroxyl groups excluding tert-OH is 1. The molecule has 0 saturated carbocycles. The van der Waals surface area contributed by atoms with E-state index in [0.29, 0.717) is 57.1 Å². The average molecular weight is 569 g/mol. The van der Waals surface area contributed by atoms with Gasteiger partial charge in [-0.3, -0.25) is 9.59 Å². The van der Waals surface area contributed by atoms with Crippen LogP contribution >= 0.6 is 0 Å². The molecule has 3 N–H and O–H groups in total. The van der Waals surface area contributed by atoms with Crippen molar-refractivity contribution in [2.45, 2.75) is 44.4 Å². The SMILES string of the molecule is COCCNC(=O)N1CC[C@@H]2OCc3cccc(c3)Oc3ccc(cc3)CCC(=O)N(CCCO)CC(=O)N[C@H]2C1. The standard InChI is InChI=1S/C30H40N4O7/c1-39-17-13-31-30(38)34-15-12-27-26(19-34)32-28(36)20-33(14-3-16-35)29(37)11-8-22-6-9-24(10-7-22)41-25-5-2-4-23(18-25)21-40-27/h2,4-7,9-10,18,26-27,35H,3,8,11-17,19-21H2,1H3,(H,31,38)(H,32,36)/t26-,27-/m0/s1. The summed E-state index contributed by atoms with van der Waals surface area (Å²) in [6, 6.07) is 14.5. The van der Waals surface area contributed by atoms with E-state index in [-0.39, 0.29) is 56.6 Å². The van der Waals surface area contributed by atoms with Crippen molar-refractivity contribution in [2.75, 3.05) is 53.0 Å². The Morgan fingerprint density at radius 2 is 1.95 bits per heavy atom. The van der Waals surface area contributed by atoms with Crippen LogP contribution in [0, 0.1) is 0 Å². The van der Waals surface area contributed by atoms with Crippen LogP contribution in [0.3, 0.4) is 0 Å². The molecule has 5 rings (SSSR count). The van der Waals surface area contributed by atoms with Crippen LogP contribution in [0.2, 0.25) is 0 Å². The first-order chi connectivity index (χ1) is 19.9. The van der Waals surface area contributed by atoms with Crippen molar-refractivity contribution >= 4 is 17.8 Å². The van der Waals surface area contributed by atoms with E-state index < -0.39 is 6.04 Å². The Morgan fingerprint density at radius 3 is 2.73 bits per heavy atom. The van der Waals surface area contributed by atoms with Crippen molar-refractivity contribution in [3.05, 3.63) is 59.7 Å². The molecule has 0 aromatic heterocycles. The van der Waals surface area contributed by atoms with E-state index in [2.05, 4.69) is 10.6 Å². The van der Waals surface area contributed by atoms with Crippen molar-refractivity contribution in [3.8, 4) is 11.5 Å². The molecule has 3 aliphatic rings. The van der Waals surface area contributed by atoms with E-state index in [1.54, 1.807) is 12.0 Å². The first-order valence-corrected chi connectivity index (χ1v) is 14.1. The summed E-state index contributed by atoms with van der Waals surface area (Å²) in [6.07, 6.45) is 1.29. The molecule has 0 unspecified atom stereocenters. The highest BCUT2D eigenvalue weighted by Crippen LogP contribution is 2.24. The number of urea groups is 1. The molecule has 3 aliphatic heterocycles. The number of piperidine rings is 1. The second-order valence-corrected chi connectivity index (χ2v) is 10.3. The van der Waals surface area contributed by atoms with Crippen LogP contribution in [0.4, 0.5) is 4.79 Å². The third-order valence-corrected chi connectivity index (χ3v) is 7.19. The highest BCUT2D eigenvalue weighted by Gasteiger charge is 2.34. The van der Waals surface area contributed by atoms with Crippen LogP contribution < -0.4 is 15.4 Å². The van der Waals surface area contributed by atoms with Crippen LogP contribution in [0.1, 0.15) is 30.4 Å². The predicted molar refractivity (Wildman–Crippen MR) is 152 cm³/mol. The highest BCUT2D eigenvalue weighted by atomic mass is 16.5. The van der Waals surface area contributed by atoms with Gasteiger partial charge in [-0.2, -0.15) is 0 Å². The minimum atomic E-state index is -0.476. The Balaban J connectivity index is 1.54. The first-order valence-electron chi connectivity index (χ1n) is 14.1. The summed E-state index contributed by atoms with van der Waals surface area (Å²) >= 11 is 0. The van der Waals surface area contributed by atoms with Crippen LogP contribution in [0.5, 0.6) is 11.5 Å². The number of nitrogens with one attached hydrogen (secondary N) is 2. The largest absolute Gasteiger partial charge is 0.457 e. The number of hydrogen-bond acceptors (Lipinski definition) is 7. The minimum Gasteiger partial charge on any atom is -0.457 e. The van der Waals surface area contributed by atoms with Gasteiger partial charge < -0.3 is 39.8 Å². The number of benzene rings is 2. The number of methoxy groups -OCH3 is 1. The summed E-state index contributed by atoms with van der Waals surface area (Å²) in [4.78, 5) is 42.2. The fourth-order valence-electron chi connectivity index (χ4n) is 4.98. The Labute approximate surface area is 240 Å². The smallest absolute Gasteiger partial charge is 0.317 e. The van der Waals surface area contributed by atoms with Gasteiger partial charge in [0.15, 0.2) is 0 Å². The van der Waals surface area contributed by atoms with Gasteiger partial charge in [-0.1, -0.05) is 24.3 Å². The number of rotatable bonds is 6. The molecule has 0 aliphatic carbocycles. The molecule has 4 bridgehead atoms. The molecule has 41 heavy (non-hydrogen) atoms. The van der Waals surface area contributed by atoms with Crippen molar-refractivity contribution in [1.29, 1.82) is 0 Å². The van der Waals surface area contributed by atoms with E-state index in [9.17, 15) is 19.5 Å².